The second-order valence-corrected chi connectivity index (χ2v) is 38.6. The zero-order chi connectivity index (χ0) is 99.1. The summed E-state index contributed by atoms with van der Waals surface area (Å²) < 4.78 is 0. The monoisotopic (exact) mass is 1910 g/mol. The summed E-state index contributed by atoms with van der Waals surface area (Å²) >= 11 is 0. The highest BCUT2D eigenvalue weighted by atomic mass is 15.2. The first-order chi connectivity index (χ1) is 74.5. The molecule has 0 atom stereocenters. The molecule has 30 aromatic rings. The van der Waals surface area contributed by atoms with E-state index in [4.69, 9.17) is 9.97 Å². The molecule has 8 nitrogen and oxygen atoms in total. The molecule has 150 heavy (non-hydrogen) atoms. The number of nitrogens with zero attached hydrogens (tertiary/aromatic N) is 8. The van der Waals surface area contributed by atoms with Crippen LogP contribution in [0.5, 0.6) is 0 Å². The molecule has 0 unspecified atom stereocenters. The number of anilines is 18. The molecule has 30 rings (SSSR count). The molecule has 0 saturated carbocycles. The Hall–Kier alpha value is -20.1. The van der Waals surface area contributed by atoms with Gasteiger partial charge in [-0.05, 0) is 267 Å². The number of hydrogen-bond donors (Lipinski definition) is 0. The van der Waals surface area contributed by atoms with Gasteiger partial charge in [0.1, 0.15) is 0 Å². The Morgan fingerprint density at radius 2 is 0.307 bits per heavy atom. The molecule has 0 aliphatic carbocycles. The zero-order valence-corrected chi connectivity index (χ0v) is 81.8. The smallest absolute Gasteiger partial charge is 0.0942 e. The van der Waals surface area contributed by atoms with Crippen LogP contribution in [0.15, 0.2) is 570 Å². The van der Waals surface area contributed by atoms with Crippen molar-refractivity contribution in [3.8, 4) is 0 Å². The maximum absolute atomic E-state index is 4.87. The van der Waals surface area contributed by atoms with Crippen molar-refractivity contribution in [2.75, 3.05) is 29.4 Å². The lowest BCUT2D eigenvalue weighted by Gasteiger charge is -2.30. The molecule has 0 amide bonds. The van der Waals surface area contributed by atoms with Crippen LogP contribution in [-0.2, 0) is 0 Å². The standard InChI is InChI=1S/2C48H32N2.C46H30N4/c1-3-17-37(18-4-1)49(43-23-11-15-33-13-7-9-21-39(33)43)45-31-27-35-26-30-42-46(32-28-36-25-29-41(45)47(35)48(36)42)50(38-19-5-2-6-20-38)44-24-12-16-34-14-8-10-22-40(34)44;1-3-15-39(16-4-1)49(41-25-19-33-11-7-9-13-37(33)31-41)45-29-23-35-22-28-44-46(30-24-36-21-27-43(45)47(35)48(36)44)50(40-17-5-2-6-18-40)42-26-20-34-12-8-10-14-38(34)32-42;1-3-15-35(16-4-1)49(41-19-7-11-33-13-9-29-47-45(33)41)39-27-23-31-22-26-38-40(28-24-32-21-25-37(39)43(31)44(32)38)50(36-17-5-2-6-18-36)42-20-8-12-34-14-10-30-48-46(34)42/h2*1-32H;1-30H. The van der Waals surface area contributed by atoms with Crippen molar-refractivity contribution in [1.82, 2.24) is 9.97 Å². The predicted octanol–water partition coefficient (Wildman–Crippen LogP) is 40.3. The number of para-hydroxylation sites is 8. The summed E-state index contributed by atoms with van der Waals surface area (Å²) in [4.78, 5) is 24.1. The number of aromatic nitrogens is 2. The fourth-order valence-corrected chi connectivity index (χ4v) is 23.4. The van der Waals surface area contributed by atoms with Crippen LogP contribution >= 0.6 is 0 Å². The summed E-state index contributed by atoms with van der Waals surface area (Å²) in [6.45, 7) is 0. The van der Waals surface area contributed by atoms with Gasteiger partial charge >= 0.3 is 0 Å². The van der Waals surface area contributed by atoms with E-state index in [0.717, 1.165) is 124 Å². The molecule has 0 N–H and O–H groups in total. The van der Waals surface area contributed by atoms with Gasteiger partial charge in [-0.25, -0.2) is 0 Å². The molecule has 8 heteroatoms. The second kappa shape index (κ2) is 37.3. The number of hydrogen-bond acceptors (Lipinski definition) is 8. The highest BCUT2D eigenvalue weighted by Gasteiger charge is 2.30. The van der Waals surface area contributed by atoms with E-state index in [1.807, 2.05) is 24.5 Å². The first kappa shape index (κ1) is 87.7. The average Bonchev–Trinajstić information content (AvgIpc) is 0.722. The van der Waals surface area contributed by atoms with Crippen LogP contribution in [-0.4, -0.2) is 9.97 Å². The summed E-state index contributed by atoms with van der Waals surface area (Å²) in [5, 5.41) is 34.3. The summed E-state index contributed by atoms with van der Waals surface area (Å²) in [6.07, 6.45) is 3.76. The average molecular weight is 1910 g/mol. The van der Waals surface area contributed by atoms with Crippen LogP contribution < -0.4 is 29.4 Å². The van der Waals surface area contributed by atoms with Crippen LogP contribution in [0.4, 0.5) is 102 Å². The van der Waals surface area contributed by atoms with Crippen LogP contribution in [0.1, 0.15) is 0 Å². The molecule has 0 saturated heterocycles. The Bertz CT molecular complexity index is 9350. The highest BCUT2D eigenvalue weighted by Crippen LogP contribution is 2.55. The maximum Gasteiger partial charge on any atom is 0.0942 e. The molecule has 0 bridgehead atoms. The van der Waals surface area contributed by atoms with E-state index in [1.54, 1.807) is 0 Å². The van der Waals surface area contributed by atoms with Gasteiger partial charge in [0.15, 0.2) is 0 Å². The van der Waals surface area contributed by atoms with Gasteiger partial charge in [0.05, 0.1) is 67.9 Å². The Labute approximate surface area is 867 Å². The highest BCUT2D eigenvalue weighted by molar-refractivity contribution is 6.32. The molecular formula is C142H94N8. The second-order valence-electron chi connectivity index (χ2n) is 38.6. The normalized spacial score (nSPS) is 11.6. The first-order valence-corrected chi connectivity index (χ1v) is 51.3. The SMILES string of the molecule is c1ccc(N(c2ccc3ccc4c(N(c5ccccc5)c5cccc6cccnc56)ccc5ccc2c3c54)c2cccc3cccnc23)cc1.c1ccc(N(c2ccc3ccccc3c2)c2ccc3ccc4c(N(c5ccccc5)c5ccc6ccccc6c5)ccc5ccc2c3c54)cc1.c1ccc(N(c2cccc3ccccc23)c2ccc3ccc4c(N(c5ccccc5)c5cccc6ccccc56)ccc5ccc2c3c54)cc1. The minimum absolute atomic E-state index is 0.967. The van der Waals surface area contributed by atoms with Gasteiger partial charge in [-0.1, -0.05) is 388 Å². The van der Waals surface area contributed by atoms with Crippen molar-refractivity contribution < 1.29 is 0 Å². The van der Waals surface area contributed by atoms with Crippen molar-refractivity contribution in [3.05, 3.63) is 570 Å². The predicted molar refractivity (Wildman–Crippen MR) is 639 cm³/mol. The summed E-state index contributed by atoms with van der Waals surface area (Å²) in [6, 6.07) is 202. The lowest BCUT2D eigenvalue weighted by atomic mass is 9.91. The summed E-state index contributed by atoms with van der Waals surface area (Å²) in [5.74, 6) is 0. The molecule has 2 heterocycles. The minimum atomic E-state index is 0.967. The van der Waals surface area contributed by atoms with E-state index in [0.29, 0.717) is 0 Å². The maximum atomic E-state index is 4.87. The fourth-order valence-electron chi connectivity index (χ4n) is 23.4. The molecule has 0 radical (unpaired) electrons. The third-order valence-electron chi connectivity index (χ3n) is 30.1. The van der Waals surface area contributed by atoms with Crippen molar-refractivity contribution in [2.45, 2.75) is 0 Å². The number of pyridine rings is 2. The molecular weight excluding hydrogens is 1820 g/mol. The Kier molecular flexibility index (Phi) is 21.8. The van der Waals surface area contributed by atoms with Gasteiger partial charge < -0.3 is 29.4 Å². The summed E-state index contributed by atoms with van der Waals surface area (Å²) in [7, 11) is 0. The van der Waals surface area contributed by atoms with E-state index in [9.17, 15) is 0 Å². The quantitative estimate of drug-likeness (QED) is 0.0788. The number of fused-ring (bicyclic) bond motifs is 6. The molecule has 0 aliphatic rings. The van der Waals surface area contributed by atoms with Gasteiger partial charge in [0.25, 0.3) is 0 Å². The topological polar surface area (TPSA) is 45.2 Å². The van der Waals surface area contributed by atoms with Gasteiger partial charge in [0.2, 0.25) is 0 Å². The molecule has 0 fully saturated rings. The van der Waals surface area contributed by atoms with Crippen LogP contribution in [0.2, 0.25) is 0 Å². The van der Waals surface area contributed by atoms with Gasteiger partial charge in [-0.2, -0.15) is 0 Å². The first-order valence-electron chi connectivity index (χ1n) is 51.3. The van der Waals surface area contributed by atoms with E-state index in [1.165, 1.54) is 140 Å². The van der Waals surface area contributed by atoms with Crippen LogP contribution in [0.3, 0.4) is 0 Å². The van der Waals surface area contributed by atoms with E-state index >= 15 is 0 Å². The van der Waals surface area contributed by atoms with Crippen molar-refractivity contribution in [1.29, 1.82) is 0 Å². The number of benzene rings is 28. The van der Waals surface area contributed by atoms with E-state index in [-0.39, 0.29) is 0 Å². The van der Waals surface area contributed by atoms with Crippen molar-refractivity contribution >= 4 is 264 Å². The zero-order valence-electron chi connectivity index (χ0n) is 81.8. The Morgan fingerprint density at radius 3 is 0.600 bits per heavy atom. The third kappa shape index (κ3) is 15.2. The van der Waals surface area contributed by atoms with E-state index in [2.05, 4.69) is 575 Å². The molecule has 2 aromatic heterocycles. The molecule has 0 aliphatic heterocycles. The largest absolute Gasteiger partial charge is 0.310 e. The summed E-state index contributed by atoms with van der Waals surface area (Å²) in [5.41, 5.74) is 22.2. The minimum Gasteiger partial charge on any atom is -0.310 e. The molecule has 28 aromatic carbocycles. The van der Waals surface area contributed by atoms with Crippen molar-refractivity contribution in [3.63, 3.8) is 0 Å². The Balaban J connectivity index is 0.000000108. The molecule has 0 spiro atoms. The van der Waals surface area contributed by atoms with Crippen LogP contribution in [0.25, 0.3) is 162 Å². The van der Waals surface area contributed by atoms with Gasteiger partial charge in [-0.3, -0.25) is 9.97 Å². The fraction of sp³-hybridized carbons (Fsp3) is 0. The third-order valence-corrected chi connectivity index (χ3v) is 30.1. The lowest BCUT2D eigenvalue weighted by molar-refractivity contribution is 1.29. The van der Waals surface area contributed by atoms with Gasteiger partial charge in [0, 0.05) is 112 Å². The lowest BCUT2D eigenvalue weighted by Crippen LogP contribution is -2.12. The number of rotatable bonds is 18. The van der Waals surface area contributed by atoms with Crippen molar-refractivity contribution in [2.24, 2.45) is 0 Å². The Morgan fingerprint density at radius 1 is 0.107 bits per heavy atom. The van der Waals surface area contributed by atoms with Crippen LogP contribution in [0, 0.1) is 0 Å². The molecule has 702 valence electrons. The van der Waals surface area contributed by atoms with Gasteiger partial charge in [-0.15, -0.1) is 0 Å². The van der Waals surface area contributed by atoms with E-state index < -0.39 is 0 Å².